The SMILES string of the molecule is NC(=O)[C@@H](Cc1ccc(-c2ccccc2)cc1)NC=O. The molecule has 3 N–H and O–H groups in total. The van der Waals surface area contributed by atoms with Crippen molar-refractivity contribution in [1.29, 1.82) is 0 Å². The summed E-state index contributed by atoms with van der Waals surface area (Å²) in [5, 5.41) is 2.42. The quantitative estimate of drug-likeness (QED) is 0.779. The van der Waals surface area contributed by atoms with Crippen molar-refractivity contribution < 1.29 is 9.59 Å². The molecule has 0 unspecified atom stereocenters. The van der Waals surface area contributed by atoms with E-state index in [1.807, 2.05) is 54.6 Å². The Hall–Kier alpha value is -2.62. The van der Waals surface area contributed by atoms with Gasteiger partial charge in [-0.25, -0.2) is 0 Å². The average Bonchev–Trinajstić information content (AvgIpc) is 2.48. The Labute approximate surface area is 117 Å². The molecule has 0 spiro atoms. The monoisotopic (exact) mass is 268 g/mol. The molecule has 0 aliphatic carbocycles. The molecule has 0 saturated heterocycles. The van der Waals surface area contributed by atoms with Crippen molar-refractivity contribution in [3.8, 4) is 11.1 Å². The maximum Gasteiger partial charge on any atom is 0.240 e. The zero-order valence-electron chi connectivity index (χ0n) is 11.0. The van der Waals surface area contributed by atoms with Crippen LogP contribution in [0.5, 0.6) is 0 Å². The van der Waals surface area contributed by atoms with E-state index >= 15 is 0 Å². The molecule has 20 heavy (non-hydrogen) atoms. The lowest BCUT2D eigenvalue weighted by Gasteiger charge is -2.12. The molecule has 0 bridgehead atoms. The van der Waals surface area contributed by atoms with Gasteiger partial charge in [-0.1, -0.05) is 54.6 Å². The number of hydrogen-bond donors (Lipinski definition) is 2. The predicted molar refractivity (Wildman–Crippen MR) is 77.8 cm³/mol. The average molecular weight is 268 g/mol. The zero-order chi connectivity index (χ0) is 14.4. The molecule has 4 nitrogen and oxygen atoms in total. The second-order valence-corrected chi connectivity index (χ2v) is 4.51. The highest BCUT2D eigenvalue weighted by Crippen LogP contribution is 2.19. The van der Waals surface area contributed by atoms with Gasteiger partial charge in [0, 0.05) is 6.42 Å². The highest BCUT2D eigenvalue weighted by atomic mass is 16.2. The van der Waals surface area contributed by atoms with Crippen LogP contribution < -0.4 is 11.1 Å². The lowest BCUT2D eigenvalue weighted by molar-refractivity contribution is -0.122. The lowest BCUT2D eigenvalue weighted by atomic mass is 10.0. The Morgan fingerprint density at radius 3 is 2.20 bits per heavy atom. The first-order valence-corrected chi connectivity index (χ1v) is 6.34. The number of amides is 2. The number of nitrogens with one attached hydrogen (secondary N) is 1. The van der Waals surface area contributed by atoms with Crippen molar-refractivity contribution in [3.63, 3.8) is 0 Å². The summed E-state index contributed by atoms with van der Waals surface area (Å²) in [6, 6.07) is 17.2. The predicted octanol–water partition coefficient (Wildman–Crippen LogP) is 1.50. The van der Waals surface area contributed by atoms with Crippen LogP contribution in [0.2, 0.25) is 0 Å². The molecule has 0 radical (unpaired) electrons. The van der Waals surface area contributed by atoms with Crippen molar-refractivity contribution in [2.75, 3.05) is 0 Å². The third-order valence-corrected chi connectivity index (χ3v) is 3.11. The molecule has 2 amide bonds. The second kappa shape index (κ2) is 6.52. The van der Waals surface area contributed by atoms with Crippen molar-refractivity contribution >= 4 is 12.3 Å². The maximum atomic E-state index is 11.2. The Morgan fingerprint density at radius 2 is 1.65 bits per heavy atom. The van der Waals surface area contributed by atoms with Crippen LogP contribution in [-0.4, -0.2) is 18.4 Å². The van der Waals surface area contributed by atoms with E-state index in [-0.39, 0.29) is 0 Å². The maximum absolute atomic E-state index is 11.2. The molecule has 2 rings (SSSR count). The number of carbonyl (C=O) groups is 2. The molecule has 1 atom stereocenters. The van der Waals surface area contributed by atoms with Gasteiger partial charge in [-0.3, -0.25) is 9.59 Å². The molecule has 0 aliphatic rings. The molecule has 2 aromatic carbocycles. The number of nitrogens with two attached hydrogens (primary N) is 1. The van der Waals surface area contributed by atoms with E-state index in [9.17, 15) is 9.59 Å². The molecule has 0 saturated carbocycles. The zero-order valence-corrected chi connectivity index (χ0v) is 11.0. The van der Waals surface area contributed by atoms with Crippen molar-refractivity contribution in [3.05, 3.63) is 60.2 Å². The van der Waals surface area contributed by atoms with Crippen LogP contribution in [0.15, 0.2) is 54.6 Å². The van der Waals surface area contributed by atoms with Gasteiger partial charge in [-0.05, 0) is 16.7 Å². The van der Waals surface area contributed by atoms with E-state index in [2.05, 4.69) is 5.32 Å². The number of benzene rings is 2. The van der Waals surface area contributed by atoms with E-state index in [1.54, 1.807) is 0 Å². The van der Waals surface area contributed by atoms with Crippen LogP contribution in [0.25, 0.3) is 11.1 Å². The van der Waals surface area contributed by atoms with Crippen LogP contribution in [0.3, 0.4) is 0 Å². The third-order valence-electron chi connectivity index (χ3n) is 3.11. The third kappa shape index (κ3) is 3.45. The van der Waals surface area contributed by atoms with Crippen molar-refractivity contribution in [2.24, 2.45) is 5.73 Å². The molecule has 2 aromatic rings. The van der Waals surface area contributed by atoms with E-state index in [1.165, 1.54) is 0 Å². The van der Waals surface area contributed by atoms with Crippen molar-refractivity contribution in [2.45, 2.75) is 12.5 Å². The van der Waals surface area contributed by atoms with Gasteiger partial charge in [0.2, 0.25) is 12.3 Å². The number of rotatable bonds is 6. The Balaban J connectivity index is 2.12. The van der Waals surface area contributed by atoms with Gasteiger partial charge in [-0.2, -0.15) is 0 Å². The van der Waals surface area contributed by atoms with Crippen LogP contribution in [0, 0.1) is 0 Å². The highest BCUT2D eigenvalue weighted by Gasteiger charge is 2.14. The summed E-state index contributed by atoms with van der Waals surface area (Å²) in [5.74, 6) is -0.538. The van der Waals surface area contributed by atoms with Crippen molar-refractivity contribution in [1.82, 2.24) is 5.32 Å². The highest BCUT2D eigenvalue weighted by molar-refractivity contribution is 5.82. The van der Waals surface area contributed by atoms with E-state index in [0.717, 1.165) is 16.7 Å². The Bertz CT molecular complexity index is 579. The summed E-state index contributed by atoms with van der Waals surface area (Å²) in [6.07, 6.45) is 0.886. The number of hydrogen-bond acceptors (Lipinski definition) is 2. The minimum Gasteiger partial charge on any atom is -0.368 e. The molecule has 0 aromatic heterocycles. The molecule has 0 heterocycles. The molecule has 102 valence electrons. The molecule has 0 fully saturated rings. The standard InChI is InChI=1S/C16H16N2O2/c17-16(20)15(18-11-19)10-12-6-8-14(9-7-12)13-4-2-1-3-5-13/h1-9,11,15H,10H2,(H2,17,20)(H,18,19)/t15-/m1/s1. The number of primary amides is 1. The first-order valence-electron chi connectivity index (χ1n) is 6.34. The molecular weight excluding hydrogens is 252 g/mol. The largest absolute Gasteiger partial charge is 0.368 e. The fraction of sp³-hybridized carbons (Fsp3) is 0.125. The first kappa shape index (κ1) is 13.8. The summed E-state index contributed by atoms with van der Waals surface area (Å²) >= 11 is 0. The molecule has 0 aliphatic heterocycles. The van der Waals surface area contributed by atoms with Crippen LogP contribution >= 0.6 is 0 Å². The fourth-order valence-electron chi connectivity index (χ4n) is 2.02. The van der Waals surface area contributed by atoms with E-state index in [4.69, 9.17) is 5.73 Å². The smallest absolute Gasteiger partial charge is 0.240 e. The van der Waals surface area contributed by atoms with Gasteiger partial charge >= 0.3 is 0 Å². The second-order valence-electron chi connectivity index (χ2n) is 4.51. The van der Waals surface area contributed by atoms with Gasteiger partial charge in [0.15, 0.2) is 0 Å². The van der Waals surface area contributed by atoms with Crippen LogP contribution in [0.4, 0.5) is 0 Å². The molecule has 4 heteroatoms. The number of carbonyl (C=O) groups excluding carboxylic acids is 2. The minimum absolute atomic E-state index is 0.392. The van der Waals surface area contributed by atoms with Gasteiger partial charge in [-0.15, -0.1) is 0 Å². The van der Waals surface area contributed by atoms with Crippen LogP contribution in [0.1, 0.15) is 5.56 Å². The van der Waals surface area contributed by atoms with Gasteiger partial charge < -0.3 is 11.1 Å². The van der Waals surface area contributed by atoms with Gasteiger partial charge in [0.1, 0.15) is 6.04 Å². The summed E-state index contributed by atoms with van der Waals surface area (Å²) in [6.45, 7) is 0. The fourth-order valence-corrected chi connectivity index (χ4v) is 2.02. The Morgan fingerprint density at radius 1 is 1.05 bits per heavy atom. The van der Waals surface area contributed by atoms with Crippen LogP contribution in [-0.2, 0) is 16.0 Å². The van der Waals surface area contributed by atoms with E-state index in [0.29, 0.717) is 12.8 Å². The summed E-state index contributed by atoms with van der Waals surface area (Å²) < 4.78 is 0. The molecular formula is C16H16N2O2. The normalized spacial score (nSPS) is 11.6. The van der Waals surface area contributed by atoms with Gasteiger partial charge in [0.05, 0.1) is 0 Å². The first-order chi connectivity index (χ1) is 9.70. The minimum atomic E-state index is -0.671. The Kier molecular flexibility index (Phi) is 4.50. The lowest BCUT2D eigenvalue weighted by Crippen LogP contribution is -2.42. The topological polar surface area (TPSA) is 72.2 Å². The summed E-state index contributed by atoms with van der Waals surface area (Å²) in [4.78, 5) is 21.6. The van der Waals surface area contributed by atoms with Gasteiger partial charge in [0.25, 0.3) is 0 Å². The summed E-state index contributed by atoms with van der Waals surface area (Å²) in [7, 11) is 0. The van der Waals surface area contributed by atoms with E-state index < -0.39 is 11.9 Å². The summed E-state index contributed by atoms with van der Waals surface area (Å²) in [5.41, 5.74) is 8.42.